The van der Waals surface area contributed by atoms with Crippen molar-refractivity contribution in [1.29, 1.82) is 0 Å². The molecule has 0 bridgehead atoms. The van der Waals surface area contributed by atoms with E-state index in [4.69, 9.17) is 10.5 Å². The summed E-state index contributed by atoms with van der Waals surface area (Å²) in [6.07, 6.45) is 4.96. The van der Waals surface area contributed by atoms with Crippen LogP contribution in [0.15, 0.2) is 0 Å². The molecule has 18 heavy (non-hydrogen) atoms. The van der Waals surface area contributed by atoms with Crippen molar-refractivity contribution in [3.05, 3.63) is 0 Å². The molecule has 5 heteroatoms. The Labute approximate surface area is 109 Å². The summed E-state index contributed by atoms with van der Waals surface area (Å²) >= 11 is 0. The van der Waals surface area contributed by atoms with E-state index in [9.17, 15) is 4.79 Å². The van der Waals surface area contributed by atoms with E-state index < -0.39 is 0 Å². The summed E-state index contributed by atoms with van der Waals surface area (Å²) in [5, 5.41) is 3.32. The third-order valence-corrected chi connectivity index (χ3v) is 3.73. The molecular formula is C13H25N3O2. The van der Waals surface area contributed by atoms with E-state index in [2.05, 4.69) is 17.1 Å². The number of rotatable bonds is 8. The molecule has 1 saturated carbocycles. The highest BCUT2D eigenvalue weighted by Gasteiger charge is 2.29. The molecule has 2 fully saturated rings. The van der Waals surface area contributed by atoms with Crippen molar-refractivity contribution in [3.63, 3.8) is 0 Å². The molecule has 1 amide bonds. The van der Waals surface area contributed by atoms with E-state index in [1.54, 1.807) is 0 Å². The van der Waals surface area contributed by atoms with Gasteiger partial charge >= 0.3 is 0 Å². The highest BCUT2D eigenvalue weighted by Crippen LogP contribution is 2.20. The van der Waals surface area contributed by atoms with Crippen LogP contribution in [0.5, 0.6) is 0 Å². The Morgan fingerprint density at radius 2 is 2.28 bits per heavy atom. The third kappa shape index (κ3) is 4.23. The topological polar surface area (TPSA) is 67.6 Å². The number of primary amides is 1. The summed E-state index contributed by atoms with van der Waals surface area (Å²) in [6.45, 7) is 5.52. The minimum Gasteiger partial charge on any atom is -0.377 e. The van der Waals surface area contributed by atoms with Crippen LogP contribution in [-0.4, -0.2) is 55.2 Å². The highest BCUT2D eigenvalue weighted by molar-refractivity contribution is 5.80. The van der Waals surface area contributed by atoms with Crippen molar-refractivity contribution < 1.29 is 9.53 Å². The molecule has 1 aliphatic heterocycles. The number of nitrogens with one attached hydrogen (secondary N) is 1. The van der Waals surface area contributed by atoms with E-state index in [1.807, 2.05) is 0 Å². The van der Waals surface area contributed by atoms with Gasteiger partial charge in [-0.2, -0.15) is 0 Å². The summed E-state index contributed by atoms with van der Waals surface area (Å²) in [6, 6.07) is 0.280. The molecule has 0 aromatic heterocycles. The zero-order chi connectivity index (χ0) is 13.0. The number of likely N-dealkylation sites (N-methyl/N-ethyl adjacent to an activating group) is 1. The normalized spacial score (nSPS) is 25.6. The fourth-order valence-electron chi connectivity index (χ4n) is 2.43. The quantitative estimate of drug-likeness (QED) is 0.645. The van der Waals surface area contributed by atoms with Gasteiger partial charge in [0.05, 0.1) is 12.1 Å². The highest BCUT2D eigenvalue weighted by atomic mass is 16.5. The third-order valence-electron chi connectivity index (χ3n) is 3.73. The van der Waals surface area contributed by atoms with E-state index in [0.717, 1.165) is 32.5 Å². The van der Waals surface area contributed by atoms with Gasteiger partial charge in [0.1, 0.15) is 0 Å². The van der Waals surface area contributed by atoms with Gasteiger partial charge in [0, 0.05) is 25.7 Å². The summed E-state index contributed by atoms with van der Waals surface area (Å²) in [5.74, 6) is -0.243. The van der Waals surface area contributed by atoms with Crippen LogP contribution in [-0.2, 0) is 9.53 Å². The zero-order valence-corrected chi connectivity index (χ0v) is 11.2. The van der Waals surface area contributed by atoms with Crippen LogP contribution in [0.3, 0.4) is 0 Å². The molecule has 104 valence electrons. The lowest BCUT2D eigenvalue weighted by molar-refractivity contribution is -0.120. The van der Waals surface area contributed by atoms with Crippen LogP contribution in [0, 0.1) is 0 Å². The molecule has 1 saturated heterocycles. The molecule has 0 spiro atoms. The van der Waals surface area contributed by atoms with Crippen LogP contribution in [0.25, 0.3) is 0 Å². The molecule has 2 unspecified atom stereocenters. The molecule has 5 nitrogen and oxygen atoms in total. The maximum absolute atomic E-state index is 11.5. The minimum atomic E-state index is -0.243. The smallest absolute Gasteiger partial charge is 0.235 e. The van der Waals surface area contributed by atoms with Gasteiger partial charge in [-0.1, -0.05) is 6.92 Å². The predicted octanol–water partition coefficient (Wildman–Crippen LogP) is 0.0932. The van der Waals surface area contributed by atoms with Gasteiger partial charge in [0.2, 0.25) is 5.91 Å². The second-order valence-corrected chi connectivity index (χ2v) is 5.38. The van der Waals surface area contributed by atoms with Gasteiger partial charge < -0.3 is 15.8 Å². The van der Waals surface area contributed by atoms with Crippen molar-refractivity contribution in [2.45, 2.75) is 50.8 Å². The maximum atomic E-state index is 11.5. The summed E-state index contributed by atoms with van der Waals surface area (Å²) in [5.41, 5.74) is 5.46. The Kier molecular flexibility index (Phi) is 4.97. The summed E-state index contributed by atoms with van der Waals surface area (Å²) in [4.78, 5) is 13.7. The molecule has 1 heterocycles. The molecule has 2 aliphatic rings. The van der Waals surface area contributed by atoms with Crippen LogP contribution < -0.4 is 11.1 Å². The minimum absolute atomic E-state index is 0.223. The Hall–Kier alpha value is -0.650. The molecule has 1 aliphatic carbocycles. The first-order valence-electron chi connectivity index (χ1n) is 7.08. The average Bonchev–Trinajstić information content (AvgIpc) is 3.01. The SMILES string of the molecule is CCN(CC1CCCO1)CC(NC1CC1)C(N)=O. The number of carbonyl (C=O) groups excluding carboxylic acids is 1. The lowest BCUT2D eigenvalue weighted by Gasteiger charge is -2.27. The number of nitrogens with zero attached hydrogens (tertiary/aromatic N) is 1. The second-order valence-electron chi connectivity index (χ2n) is 5.38. The van der Waals surface area contributed by atoms with Gasteiger partial charge in [0.15, 0.2) is 0 Å². The van der Waals surface area contributed by atoms with Crippen LogP contribution in [0.2, 0.25) is 0 Å². The molecule has 0 radical (unpaired) electrons. The first kappa shape index (κ1) is 13.8. The number of carbonyl (C=O) groups is 1. The van der Waals surface area contributed by atoms with E-state index in [0.29, 0.717) is 18.7 Å². The molecule has 3 N–H and O–H groups in total. The van der Waals surface area contributed by atoms with Gasteiger partial charge in [-0.25, -0.2) is 0 Å². The van der Waals surface area contributed by atoms with Crippen molar-refractivity contribution in [2.75, 3.05) is 26.2 Å². The molecular weight excluding hydrogens is 230 g/mol. The largest absolute Gasteiger partial charge is 0.377 e. The first-order chi connectivity index (χ1) is 8.69. The van der Waals surface area contributed by atoms with E-state index >= 15 is 0 Å². The Morgan fingerprint density at radius 1 is 1.50 bits per heavy atom. The van der Waals surface area contributed by atoms with Gasteiger partial charge in [-0.3, -0.25) is 9.69 Å². The summed E-state index contributed by atoms with van der Waals surface area (Å²) in [7, 11) is 0. The van der Waals surface area contributed by atoms with Crippen molar-refractivity contribution in [1.82, 2.24) is 10.2 Å². The first-order valence-corrected chi connectivity index (χ1v) is 7.08. The second kappa shape index (κ2) is 6.50. The Morgan fingerprint density at radius 3 is 2.78 bits per heavy atom. The van der Waals surface area contributed by atoms with Crippen LogP contribution >= 0.6 is 0 Å². The number of amides is 1. The maximum Gasteiger partial charge on any atom is 0.235 e. The van der Waals surface area contributed by atoms with Crippen LogP contribution in [0.1, 0.15) is 32.6 Å². The van der Waals surface area contributed by atoms with Gasteiger partial charge in [0.25, 0.3) is 0 Å². The van der Waals surface area contributed by atoms with Gasteiger partial charge in [-0.05, 0) is 32.2 Å². The molecule has 2 rings (SSSR count). The molecule has 0 aromatic rings. The lowest BCUT2D eigenvalue weighted by atomic mass is 10.2. The fraction of sp³-hybridized carbons (Fsp3) is 0.923. The monoisotopic (exact) mass is 255 g/mol. The van der Waals surface area contributed by atoms with Crippen molar-refractivity contribution in [2.24, 2.45) is 5.73 Å². The predicted molar refractivity (Wildman–Crippen MR) is 70.2 cm³/mol. The van der Waals surface area contributed by atoms with Crippen molar-refractivity contribution >= 4 is 5.91 Å². The van der Waals surface area contributed by atoms with Crippen molar-refractivity contribution in [3.8, 4) is 0 Å². The van der Waals surface area contributed by atoms with Crippen LogP contribution in [0.4, 0.5) is 0 Å². The van der Waals surface area contributed by atoms with Gasteiger partial charge in [-0.15, -0.1) is 0 Å². The molecule has 2 atom stereocenters. The average molecular weight is 255 g/mol. The Bertz CT molecular complexity index is 275. The fourth-order valence-corrected chi connectivity index (χ4v) is 2.43. The molecule has 0 aromatic carbocycles. The van der Waals surface area contributed by atoms with E-state index in [-0.39, 0.29) is 11.9 Å². The Balaban J connectivity index is 1.79. The standard InChI is InChI=1S/C13H25N3O2/c1-2-16(8-11-4-3-7-18-11)9-12(13(14)17)15-10-5-6-10/h10-12,15H,2-9H2,1H3,(H2,14,17). The van der Waals surface area contributed by atoms with E-state index in [1.165, 1.54) is 12.8 Å². The lowest BCUT2D eigenvalue weighted by Crippen LogP contribution is -2.51. The number of hydrogen-bond acceptors (Lipinski definition) is 4. The number of hydrogen-bond donors (Lipinski definition) is 2. The number of ether oxygens (including phenoxy) is 1. The summed E-state index contributed by atoms with van der Waals surface area (Å²) < 4.78 is 5.64. The number of nitrogens with two attached hydrogens (primary N) is 1. The zero-order valence-electron chi connectivity index (χ0n) is 11.2.